The zero-order valence-corrected chi connectivity index (χ0v) is 15.6. The van der Waals surface area contributed by atoms with Crippen molar-refractivity contribution in [2.24, 2.45) is 0 Å². The number of hydrogen-bond acceptors (Lipinski definition) is 5. The second-order valence-electron chi connectivity index (χ2n) is 6.57. The van der Waals surface area contributed by atoms with Crippen LogP contribution in [-0.4, -0.2) is 52.1 Å². The van der Waals surface area contributed by atoms with Gasteiger partial charge in [-0.25, -0.2) is 0 Å². The Morgan fingerprint density at radius 3 is 2.44 bits per heavy atom. The van der Waals surface area contributed by atoms with Crippen molar-refractivity contribution in [3.05, 3.63) is 35.9 Å². The van der Waals surface area contributed by atoms with Crippen LogP contribution in [0.1, 0.15) is 32.3 Å². The summed E-state index contributed by atoms with van der Waals surface area (Å²) in [6, 6.07) is 9.04. The van der Waals surface area contributed by atoms with Crippen LogP contribution in [0.3, 0.4) is 0 Å². The van der Waals surface area contributed by atoms with Gasteiger partial charge in [0.2, 0.25) is 11.8 Å². The standard InChI is InChI=1S/C18H28N2O4S/c1-18(2,25)16(17(24)19-11-14(22)12-21)20-15(23)10-6-9-13-7-4-3-5-8-13/h3-5,7-8,14,16,21-22,25H,6,9-12H2,1-2H3,(H,19,24)(H,20,23)/t14-,16-/m1/s1. The van der Waals surface area contributed by atoms with E-state index >= 15 is 0 Å². The predicted octanol–water partition coefficient (Wildman–Crippen LogP) is 0.672. The predicted molar refractivity (Wildman–Crippen MR) is 100 cm³/mol. The van der Waals surface area contributed by atoms with Crippen molar-refractivity contribution in [2.45, 2.75) is 50.0 Å². The smallest absolute Gasteiger partial charge is 0.244 e. The van der Waals surface area contributed by atoms with Crippen LogP contribution in [0.5, 0.6) is 0 Å². The number of aliphatic hydroxyl groups is 2. The van der Waals surface area contributed by atoms with Gasteiger partial charge in [0, 0.05) is 17.7 Å². The van der Waals surface area contributed by atoms with E-state index < -0.39 is 29.4 Å². The molecule has 0 spiro atoms. The lowest BCUT2D eigenvalue weighted by molar-refractivity contribution is -0.130. The molecule has 0 saturated heterocycles. The molecule has 0 unspecified atom stereocenters. The molecule has 0 fully saturated rings. The van der Waals surface area contributed by atoms with Crippen LogP contribution >= 0.6 is 12.6 Å². The van der Waals surface area contributed by atoms with Crippen LogP contribution in [0.25, 0.3) is 0 Å². The van der Waals surface area contributed by atoms with Crippen LogP contribution in [0.15, 0.2) is 30.3 Å². The lowest BCUT2D eigenvalue weighted by atomic mass is 10.0. The van der Waals surface area contributed by atoms with Crippen LogP contribution in [0.2, 0.25) is 0 Å². The van der Waals surface area contributed by atoms with Gasteiger partial charge in [0.15, 0.2) is 0 Å². The quantitative estimate of drug-likeness (QED) is 0.392. The number of rotatable bonds is 10. The van der Waals surface area contributed by atoms with Gasteiger partial charge in [-0.1, -0.05) is 30.3 Å². The van der Waals surface area contributed by atoms with Crippen LogP contribution in [-0.2, 0) is 16.0 Å². The maximum absolute atomic E-state index is 12.3. The summed E-state index contributed by atoms with van der Waals surface area (Å²) in [7, 11) is 0. The SMILES string of the molecule is CC(C)(S)[C@H](NC(=O)CCCc1ccccc1)C(=O)NC[C@@H](O)CO. The molecule has 2 atom stereocenters. The molecule has 6 nitrogen and oxygen atoms in total. The monoisotopic (exact) mass is 368 g/mol. The highest BCUT2D eigenvalue weighted by Gasteiger charge is 2.33. The average Bonchev–Trinajstić information content (AvgIpc) is 2.57. The highest BCUT2D eigenvalue weighted by molar-refractivity contribution is 7.81. The fraction of sp³-hybridized carbons (Fsp3) is 0.556. The number of carbonyl (C=O) groups excluding carboxylic acids is 2. The zero-order valence-electron chi connectivity index (χ0n) is 14.7. The van der Waals surface area contributed by atoms with Gasteiger partial charge in [-0.2, -0.15) is 12.6 Å². The Hall–Kier alpha value is -1.57. The first-order valence-electron chi connectivity index (χ1n) is 8.36. The van der Waals surface area contributed by atoms with Gasteiger partial charge in [-0.05, 0) is 32.3 Å². The largest absolute Gasteiger partial charge is 0.394 e. The van der Waals surface area contributed by atoms with Crippen molar-refractivity contribution >= 4 is 24.4 Å². The average molecular weight is 368 g/mol. The number of amides is 2. The highest BCUT2D eigenvalue weighted by atomic mass is 32.1. The molecule has 0 aromatic heterocycles. The first-order valence-corrected chi connectivity index (χ1v) is 8.81. The third-order valence-electron chi connectivity index (χ3n) is 3.71. The Kier molecular flexibility index (Phi) is 8.96. The molecule has 0 radical (unpaired) electrons. The van der Waals surface area contributed by atoms with Gasteiger partial charge >= 0.3 is 0 Å². The zero-order chi connectivity index (χ0) is 18.9. The summed E-state index contributed by atoms with van der Waals surface area (Å²) < 4.78 is -0.774. The number of carbonyl (C=O) groups is 2. The molecule has 0 aliphatic heterocycles. The topological polar surface area (TPSA) is 98.7 Å². The summed E-state index contributed by atoms with van der Waals surface area (Å²) >= 11 is 4.39. The molecule has 1 rings (SSSR count). The summed E-state index contributed by atoms with van der Waals surface area (Å²) in [6.45, 7) is 2.93. The van der Waals surface area contributed by atoms with E-state index in [1.54, 1.807) is 13.8 Å². The molecule has 4 N–H and O–H groups in total. The van der Waals surface area contributed by atoms with E-state index in [1.165, 1.54) is 0 Å². The van der Waals surface area contributed by atoms with Gasteiger partial charge in [0.1, 0.15) is 6.04 Å². The molecule has 1 aromatic rings. The van der Waals surface area contributed by atoms with E-state index in [-0.39, 0.29) is 12.5 Å². The number of nitrogens with one attached hydrogen (secondary N) is 2. The molecule has 1 aromatic carbocycles. The van der Waals surface area contributed by atoms with E-state index in [0.717, 1.165) is 12.0 Å². The molecule has 2 amide bonds. The first kappa shape index (κ1) is 21.5. The van der Waals surface area contributed by atoms with E-state index in [4.69, 9.17) is 5.11 Å². The summed E-state index contributed by atoms with van der Waals surface area (Å²) in [5, 5.41) is 23.4. The van der Waals surface area contributed by atoms with Gasteiger partial charge in [0.05, 0.1) is 12.7 Å². The number of benzene rings is 1. The molecular formula is C18H28N2O4S. The fourth-order valence-corrected chi connectivity index (χ4v) is 2.46. The van der Waals surface area contributed by atoms with Crippen molar-refractivity contribution in [1.29, 1.82) is 0 Å². The highest BCUT2D eigenvalue weighted by Crippen LogP contribution is 2.18. The van der Waals surface area contributed by atoms with Crippen LogP contribution in [0.4, 0.5) is 0 Å². The van der Waals surface area contributed by atoms with Crippen molar-refractivity contribution in [1.82, 2.24) is 10.6 Å². The lowest BCUT2D eigenvalue weighted by Crippen LogP contribution is -2.56. The van der Waals surface area contributed by atoms with E-state index in [9.17, 15) is 14.7 Å². The third-order valence-corrected chi connectivity index (χ3v) is 3.97. The minimum atomic E-state index is -1.03. The second kappa shape index (κ2) is 10.4. The normalized spacial score (nSPS) is 13.8. The van der Waals surface area contributed by atoms with E-state index in [1.807, 2.05) is 30.3 Å². The number of aryl methyl sites for hydroxylation is 1. The van der Waals surface area contributed by atoms with Crippen LogP contribution in [0, 0.1) is 0 Å². The van der Waals surface area contributed by atoms with E-state index in [0.29, 0.717) is 12.8 Å². The van der Waals surface area contributed by atoms with Gasteiger partial charge < -0.3 is 20.8 Å². The summed E-state index contributed by atoms with van der Waals surface area (Å²) in [5.74, 6) is -0.662. The second-order valence-corrected chi connectivity index (χ2v) is 7.73. The third kappa shape index (κ3) is 8.38. The molecule has 0 aliphatic carbocycles. The molecule has 0 aliphatic rings. The Morgan fingerprint density at radius 1 is 1.24 bits per heavy atom. The van der Waals surface area contributed by atoms with Crippen molar-refractivity contribution in [2.75, 3.05) is 13.2 Å². The Balaban J connectivity index is 2.50. The molecule has 0 heterocycles. The maximum atomic E-state index is 12.3. The first-order chi connectivity index (χ1) is 11.7. The molecule has 0 bridgehead atoms. The molecule has 140 valence electrons. The van der Waals surface area contributed by atoms with Gasteiger partial charge in [0.25, 0.3) is 0 Å². The molecular weight excluding hydrogens is 340 g/mol. The lowest BCUT2D eigenvalue weighted by Gasteiger charge is -2.29. The Labute approximate surface area is 154 Å². The fourth-order valence-electron chi connectivity index (χ4n) is 2.28. The molecule has 25 heavy (non-hydrogen) atoms. The van der Waals surface area contributed by atoms with Crippen molar-refractivity contribution in [3.8, 4) is 0 Å². The summed E-state index contributed by atoms with van der Waals surface area (Å²) in [6.07, 6.45) is 0.745. The van der Waals surface area contributed by atoms with Crippen LogP contribution < -0.4 is 10.6 Å². The minimum Gasteiger partial charge on any atom is -0.394 e. The minimum absolute atomic E-state index is 0.0838. The molecule has 7 heteroatoms. The van der Waals surface area contributed by atoms with E-state index in [2.05, 4.69) is 23.3 Å². The number of aliphatic hydroxyl groups excluding tert-OH is 2. The van der Waals surface area contributed by atoms with Gasteiger partial charge in [-0.3, -0.25) is 9.59 Å². The van der Waals surface area contributed by atoms with Crippen molar-refractivity contribution < 1.29 is 19.8 Å². The van der Waals surface area contributed by atoms with Crippen molar-refractivity contribution in [3.63, 3.8) is 0 Å². The number of thiol groups is 1. The summed E-state index contributed by atoms with van der Waals surface area (Å²) in [4.78, 5) is 24.4. The maximum Gasteiger partial charge on any atom is 0.244 e. The Bertz CT molecular complexity index is 546. The Morgan fingerprint density at radius 2 is 1.88 bits per heavy atom. The summed E-state index contributed by atoms with van der Waals surface area (Å²) in [5.41, 5.74) is 1.16. The molecule has 0 saturated carbocycles. The number of hydrogen-bond donors (Lipinski definition) is 5. The van der Waals surface area contributed by atoms with Gasteiger partial charge in [-0.15, -0.1) is 0 Å².